The van der Waals surface area contributed by atoms with Crippen molar-refractivity contribution < 1.29 is 0 Å². The van der Waals surface area contributed by atoms with Gasteiger partial charge in [0.25, 0.3) is 0 Å². The first kappa shape index (κ1) is 8.30. The first-order chi connectivity index (χ1) is 6.79. The SMILES string of the molecule is Cc1ccccc1N1CC2(CNC2)C1. The number of rotatable bonds is 1. The molecule has 0 aliphatic carbocycles. The van der Waals surface area contributed by atoms with Crippen molar-refractivity contribution in [1.82, 2.24) is 5.32 Å². The van der Waals surface area contributed by atoms with Gasteiger partial charge >= 0.3 is 0 Å². The normalized spacial score (nSPS) is 23.1. The van der Waals surface area contributed by atoms with Crippen molar-refractivity contribution in [2.45, 2.75) is 6.92 Å². The number of nitrogens with one attached hydrogen (secondary N) is 1. The van der Waals surface area contributed by atoms with Gasteiger partial charge in [-0.25, -0.2) is 0 Å². The minimum Gasteiger partial charge on any atom is -0.370 e. The quantitative estimate of drug-likeness (QED) is 0.716. The van der Waals surface area contributed by atoms with Gasteiger partial charge in [0.15, 0.2) is 0 Å². The Kier molecular flexibility index (Phi) is 1.62. The van der Waals surface area contributed by atoms with Gasteiger partial charge in [-0.2, -0.15) is 0 Å². The molecule has 3 rings (SSSR count). The van der Waals surface area contributed by atoms with Gasteiger partial charge < -0.3 is 10.2 Å². The fraction of sp³-hybridized carbons (Fsp3) is 0.500. The second-order valence-corrected chi connectivity index (χ2v) is 4.75. The Morgan fingerprint density at radius 1 is 1.21 bits per heavy atom. The standard InChI is InChI=1S/C12H16N2/c1-10-4-2-3-5-11(10)14-8-12(9-14)6-13-7-12/h2-5,13H,6-9H2,1H3. The topological polar surface area (TPSA) is 15.3 Å². The van der Waals surface area contributed by atoms with E-state index in [-0.39, 0.29) is 0 Å². The first-order valence-electron chi connectivity index (χ1n) is 5.30. The molecule has 0 radical (unpaired) electrons. The van der Waals surface area contributed by atoms with Crippen LogP contribution in [0.5, 0.6) is 0 Å². The summed E-state index contributed by atoms with van der Waals surface area (Å²) in [5.74, 6) is 0. The third-order valence-corrected chi connectivity index (χ3v) is 3.51. The Hall–Kier alpha value is -1.02. The highest BCUT2D eigenvalue weighted by Gasteiger charge is 2.47. The van der Waals surface area contributed by atoms with Crippen LogP contribution in [-0.4, -0.2) is 26.2 Å². The van der Waals surface area contributed by atoms with Gasteiger partial charge in [-0.3, -0.25) is 0 Å². The van der Waals surface area contributed by atoms with Crippen LogP contribution in [0.4, 0.5) is 5.69 Å². The molecule has 0 bridgehead atoms. The second-order valence-electron chi connectivity index (χ2n) is 4.75. The molecule has 0 amide bonds. The number of benzene rings is 1. The van der Waals surface area contributed by atoms with Crippen molar-refractivity contribution in [1.29, 1.82) is 0 Å². The van der Waals surface area contributed by atoms with E-state index < -0.39 is 0 Å². The van der Waals surface area contributed by atoms with Crippen LogP contribution in [0.25, 0.3) is 0 Å². The maximum Gasteiger partial charge on any atom is 0.0396 e. The van der Waals surface area contributed by atoms with Crippen molar-refractivity contribution in [3.8, 4) is 0 Å². The monoisotopic (exact) mass is 188 g/mol. The van der Waals surface area contributed by atoms with Crippen LogP contribution in [0, 0.1) is 12.3 Å². The van der Waals surface area contributed by atoms with Crippen LogP contribution in [0.15, 0.2) is 24.3 Å². The number of hydrogen-bond donors (Lipinski definition) is 1. The molecule has 1 aromatic carbocycles. The Bertz CT molecular complexity index is 347. The molecule has 0 aromatic heterocycles. The van der Waals surface area contributed by atoms with Gasteiger partial charge in [-0.05, 0) is 18.6 Å². The van der Waals surface area contributed by atoms with Gasteiger partial charge in [0.1, 0.15) is 0 Å². The fourth-order valence-electron chi connectivity index (χ4n) is 2.55. The van der Waals surface area contributed by atoms with Crippen molar-refractivity contribution in [2.75, 3.05) is 31.1 Å². The van der Waals surface area contributed by atoms with E-state index >= 15 is 0 Å². The lowest BCUT2D eigenvalue weighted by molar-refractivity contribution is 0.121. The molecule has 2 heterocycles. The molecule has 2 fully saturated rings. The van der Waals surface area contributed by atoms with Gasteiger partial charge in [0, 0.05) is 37.3 Å². The molecule has 14 heavy (non-hydrogen) atoms. The highest BCUT2D eigenvalue weighted by molar-refractivity contribution is 5.56. The van der Waals surface area contributed by atoms with E-state index in [1.165, 1.54) is 37.4 Å². The smallest absolute Gasteiger partial charge is 0.0396 e. The molecule has 0 unspecified atom stereocenters. The van der Waals surface area contributed by atoms with Crippen LogP contribution < -0.4 is 10.2 Å². The first-order valence-corrected chi connectivity index (χ1v) is 5.30. The molecule has 1 aromatic rings. The van der Waals surface area contributed by atoms with Crippen molar-refractivity contribution in [2.24, 2.45) is 5.41 Å². The Morgan fingerprint density at radius 3 is 2.50 bits per heavy atom. The average Bonchev–Trinajstić information content (AvgIpc) is 2.03. The fourth-order valence-corrected chi connectivity index (χ4v) is 2.55. The summed E-state index contributed by atoms with van der Waals surface area (Å²) < 4.78 is 0. The molecule has 2 aliphatic heterocycles. The summed E-state index contributed by atoms with van der Waals surface area (Å²) in [6, 6.07) is 8.67. The van der Waals surface area contributed by atoms with Crippen LogP contribution >= 0.6 is 0 Å². The molecule has 0 atom stereocenters. The zero-order valence-corrected chi connectivity index (χ0v) is 8.59. The van der Waals surface area contributed by atoms with Gasteiger partial charge in [0.2, 0.25) is 0 Å². The minimum absolute atomic E-state index is 0.627. The molecular formula is C12H16N2. The van der Waals surface area contributed by atoms with Gasteiger partial charge in [-0.1, -0.05) is 18.2 Å². The molecule has 2 saturated heterocycles. The zero-order chi connectivity index (χ0) is 9.60. The molecule has 0 saturated carbocycles. The maximum atomic E-state index is 3.36. The van der Waals surface area contributed by atoms with Crippen molar-refractivity contribution in [3.63, 3.8) is 0 Å². The van der Waals surface area contributed by atoms with Crippen LogP contribution in [0.3, 0.4) is 0 Å². The van der Waals surface area contributed by atoms with Crippen LogP contribution in [0.1, 0.15) is 5.56 Å². The summed E-state index contributed by atoms with van der Waals surface area (Å²) >= 11 is 0. The molecule has 2 heteroatoms. The number of nitrogens with zero attached hydrogens (tertiary/aromatic N) is 1. The molecule has 2 aliphatic rings. The third kappa shape index (κ3) is 1.07. The Balaban J connectivity index is 1.76. The van der Waals surface area contributed by atoms with E-state index in [1.807, 2.05) is 0 Å². The lowest BCUT2D eigenvalue weighted by Gasteiger charge is -2.57. The summed E-state index contributed by atoms with van der Waals surface area (Å²) in [4.78, 5) is 2.50. The van der Waals surface area contributed by atoms with E-state index in [4.69, 9.17) is 0 Å². The largest absolute Gasteiger partial charge is 0.370 e. The summed E-state index contributed by atoms with van der Waals surface area (Å²) in [6.45, 7) is 7.11. The van der Waals surface area contributed by atoms with E-state index in [0.29, 0.717) is 5.41 Å². The number of anilines is 1. The second kappa shape index (κ2) is 2.74. The molecular weight excluding hydrogens is 172 g/mol. The molecule has 1 spiro atoms. The summed E-state index contributed by atoms with van der Waals surface area (Å²) in [5.41, 5.74) is 3.45. The highest BCUT2D eigenvalue weighted by Crippen LogP contribution is 2.38. The minimum atomic E-state index is 0.627. The summed E-state index contributed by atoms with van der Waals surface area (Å²) in [7, 11) is 0. The van der Waals surface area contributed by atoms with Gasteiger partial charge in [-0.15, -0.1) is 0 Å². The summed E-state index contributed by atoms with van der Waals surface area (Å²) in [5, 5.41) is 3.36. The number of para-hydroxylation sites is 1. The molecule has 1 N–H and O–H groups in total. The molecule has 2 nitrogen and oxygen atoms in total. The van der Waals surface area contributed by atoms with Crippen LogP contribution in [0.2, 0.25) is 0 Å². The van der Waals surface area contributed by atoms with E-state index in [1.54, 1.807) is 0 Å². The van der Waals surface area contributed by atoms with Crippen LogP contribution in [-0.2, 0) is 0 Å². The van der Waals surface area contributed by atoms with E-state index in [0.717, 1.165) is 0 Å². The predicted octanol–water partition coefficient (Wildman–Crippen LogP) is 1.40. The molecule has 74 valence electrons. The van der Waals surface area contributed by atoms with Crippen molar-refractivity contribution >= 4 is 5.69 Å². The summed E-state index contributed by atoms with van der Waals surface area (Å²) in [6.07, 6.45) is 0. The lowest BCUT2D eigenvalue weighted by atomic mass is 9.74. The average molecular weight is 188 g/mol. The highest BCUT2D eigenvalue weighted by atomic mass is 15.3. The number of hydrogen-bond acceptors (Lipinski definition) is 2. The zero-order valence-electron chi connectivity index (χ0n) is 8.59. The Morgan fingerprint density at radius 2 is 1.93 bits per heavy atom. The number of aryl methyl sites for hydroxylation is 1. The lowest BCUT2D eigenvalue weighted by Crippen LogP contribution is -2.71. The van der Waals surface area contributed by atoms with Gasteiger partial charge in [0.05, 0.1) is 0 Å². The van der Waals surface area contributed by atoms with E-state index in [2.05, 4.69) is 41.4 Å². The third-order valence-electron chi connectivity index (χ3n) is 3.51. The van der Waals surface area contributed by atoms with E-state index in [9.17, 15) is 0 Å². The Labute approximate surface area is 84.9 Å². The van der Waals surface area contributed by atoms with Crippen molar-refractivity contribution in [3.05, 3.63) is 29.8 Å². The predicted molar refractivity (Wildman–Crippen MR) is 58.7 cm³/mol. The maximum absolute atomic E-state index is 3.36.